The number of anilines is 1. The lowest BCUT2D eigenvalue weighted by atomic mass is 10.3. The molecule has 0 atom stereocenters. The Bertz CT molecular complexity index is 659. The first-order valence-corrected chi connectivity index (χ1v) is 9.73. The van der Waals surface area contributed by atoms with E-state index >= 15 is 0 Å². The molecule has 1 fully saturated rings. The molecular formula is C17H21Cl2N3OS. The third-order valence-corrected chi connectivity index (χ3v) is 5.65. The predicted octanol–water partition coefficient (Wildman–Crippen LogP) is 4.35. The minimum atomic E-state index is 0.559. The highest BCUT2D eigenvalue weighted by molar-refractivity contribution is 7.13. The van der Waals surface area contributed by atoms with E-state index in [2.05, 4.69) is 20.2 Å². The van der Waals surface area contributed by atoms with E-state index in [-0.39, 0.29) is 0 Å². The molecule has 1 aliphatic rings. The lowest BCUT2D eigenvalue weighted by molar-refractivity contribution is 0.218. The Kier molecular flexibility index (Phi) is 6.22. The van der Waals surface area contributed by atoms with Crippen LogP contribution >= 0.6 is 34.5 Å². The molecule has 1 aliphatic heterocycles. The third kappa shape index (κ3) is 4.54. The summed E-state index contributed by atoms with van der Waals surface area (Å²) < 4.78 is 5.80. The molecule has 0 spiro atoms. The Balaban J connectivity index is 1.48. The number of hydrogen-bond donors (Lipinski definition) is 0. The van der Waals surface area contributed by atoms with Gasteiger partial charge in [-0.15, -0.1) is 11.3 Å². The van der Waals surface area contributed by atoms with E-state index in [4.69, 9.17) is 27.9 Å². The molecule has 2 aromatic rings. The molecule has 1 aromatic heterocycles. The maximum atomic E-state index is 6.13. The molecule has 2 heterocycles. The van der Waals surface area contributed by atoms with Gasteiger partial charge in [0.15, 0.2) is 10.9 Å². The number of thiazole rings is 1. The molecule has 3 rings (SSSR count). The Labute approximate surface area is 157 Å². The predicted molar refractivity (Wildman–Crippen MR) is 102 cm³/mol. The molecule has 0 aliphatic carbocycles. The second-order valence-electron chi connectivity index (χ2n) is 5.85. The van der Waals surface area contributed by atoms with Gasteiger partial charge in [0.25, 0.3) is 0 Å². The van der Waals surface area contributed by atoms with Gasteiger partial charge in [-0.25, -0.2) is 4.98 Å². The van der Waals surface area contributed by atoms with Crippen molar-refractivity contribution in [3.8, 4) is 5.75 Å². The summed E-state index contributed by atoms with van der Waals surface area (Å²) in [5.41, 5.74) is 1.10. The highest BCUT2D eigenvalue weighted by Gasteiger charge is 2.17. The molecule has 0 N–H and O–H groups in total. The van der Waals surface area contributed by atoms with E-state index in [1.807, 2.05) is 13.0 Å². The van der Waals surface area contributed by atoms with Crippen molar-refractivity contribution in [2.45, 2.75) is 13.3 Å². The van der Waals surface area contributed by atoms with Gasteiger partial charge in [0.05, 0.1) is 15.7 Å². The molecule has 1 aromatic carbocycles. The second kappa shape index (κ2) is 8.39. The molecule has 0 radical (unpaired) electrons. The largest absolute Gasteiger partial charge is 0.489 e. The highest BCUT2D eigenvalue weighted by Crippen LogP contribution is 2.32. The van der Waals surface area contributed by atoms with Crippen LogP contribution in [0.15, 0.2) is 23.6 Å². The molecule has 7 heteroatoms. The van der Waals surface area contributed by atoms with Gasteiger partial charge in [-0.1, -0.05) is 29.3 Å². The zero-order chi connectivity index (χ0) is 16.9. The summed E-state index contributed by atoms with van der Waals surface area (Å²) >= 11 is 14.0. The van der Waals surface area contributed by atoms with E-state index in [9.17, 15) is 0 Å². The fraction of sp³-hybridized carbons (Fsp3) is 0.471. The van der Waals surface area contributed by atoms with Crippen molar-refractivity contribution in [2.24, 2.45) is 0 Å². The fourth-order valence-electron chi connectivity index (χ4n) is 2.77. The molecule has 0 bridgehead atoms. The lowest BCUT2D eigenvalue weighted by Crippen LogP contribution is -2.33. The van der Waals surface area contributed by atoms with Crippen LogP contribution in [0.25, 0.3) is 0 Å². The van der Waals surface area contributed by atoms with Crippen molar-refractivity contribution in [3.63, 3.8) is 0 Å². The highest BCUT2D eigenvalue weighted by atomic mass is 35.5. The third-order valence-electron chi connectivity index (χ3n) is 4.04. The molecule has 4 nitrogen and oxygen atoms in total. The van der Waals surface area contributed by atoms with Crippen LogP contribution in [-0.2, 0) is 0 Å². The SMILES string of the molecule is Cc1csc(N2CCCN(CCOc3c(Cl)cccc3Cl)CC2)n1. The monoisotopic (exact) mass is 385 g/mol. The molecular weight excluding hydrogens is 365 g/mol. The Morgan fingerprint density at radius 3 is 2.67 bits per heavy atom. The number of aryl methyl sites for hydroxylation is 1. The number of nitrogens with zero attached hydrogens (tertiary/aromatic N) is 3. The van der Waals surface area contributed by atoms with Crippen molar-refractivity contribution in [2.75, 3.05) is 44.2 Å². The smallest absolute Gasteiger partial charge is 0.185 e. The van der Waals surface area contributed by atoms with Crippen molar-refractivity contribution >= 4 is 39.7 Å². The molecule has 0 amide bonds. The first-order chi connectivity index (χ1) is 11.6. The maximum absolute atomic E-state index is 6.13. The fourth-order valence-corrected chi connectivity index (χ4v) is 4.13. The topological polar surface area (TPSA) is 28.6 Å². The second-order valence-corrected chi connectivity index (χ2v) is 7.50. The number of aromatic nitrogens is 1. The summed E-state index contributed by atoms with van der Waals surface area (Å²) in [7, 11) is 0. The normalized spacial score (nSPS) is 16.2. The first kappa shape index (κ1) is 17.8. The number of rotatable bonds is 5. The summed E-state index contributed by atoms with van der Waals surface area (Å²) in [4.78, 5) is 9.39. The van der Waals surface area contributed by atoms with Crippen LogP contribution in [-0.4, -0.2) is 49.2 Å². The minimum absolute atomic E-state index is 0.559. The average molecular weight is 386 g/mol. The van der Waals surface area contributed by atoms with Gasteiger partial charge in [0.2, 0.25) is 0 Å². The quantitative estimate of drug-likeness (QED) is 0.764. The van der Waals surface area contributed by atoms with Crippen LogP contribution < -0.4 is 9.64 Å². The van der Waals surface area contributed by atoms with Crippen LogP contribution in [0.2, 0.25) is 10.0 Å². The van der Waals surface area contributed by atoms with E-state index in [0.29, 0.717) is 22.4 Å². The van der Waals surface area contributed by atoms with Crippen molar-refractivity contribution < 1.29 is 4.74 Å². The van der Waals surface area contributed by atoms with E-state index in [1.54, 1.807) is 23.5 Å². The van der Waals surface area contributed by atoms with Gasteiger partial charge in [0, 0.05) is 38.1 Å². The zero-order valence-corrected chi connectivity index (χ0v) is 16.0. The van der Waals surface area contributed by atoms with Gasteiger partial charge in [-0.05, 0) is 25.5 Å². The molecule has 24 heavy (non-hydrogen) atoms. The van der Waals surface area contributed by atoms with Crippen LogP contribution in [0.5, 0.6) is 5.75 Å². The Morgan fingerprint density at radius 2 is 1.96 bits per heavy atom. The van der Waals surface area contributed by atoms with Crippen molar-refractivity contribution in [1.82, 2.24) is 9.88 Å². The summed E-state index contributed by atoms with van der Waals surface area (Å²) in [6, 6.07) is 5.41. The molecule has 1 saturated heterocycles. The number of ether oxygens (including phenoxy) is 1. The lowest BCUT2D eigenvalue weighted by Gasteiger charge is -2.21. The van der Waals surface area contributed by atoms with E-state index < -0.39 is 0 Å². The van der Waals surface area contributed by atoms with Gasteiger partial charge in [0.1, 0.15) is 6.61 Å². The van der Waals surface area contributed by atoms with E-state index in [1.165, 1.54) is 0 Å². The Hall–Kier alpha value is -1.01. The minimum Gasteiger partial charge on any atom is -0.489 e. The summed E-state index contributed by atoms with van der Waals surface area (Å²) in [6.07, 6.45) is 1.13. The molecule has 0 unspecified atom stereocenters. The summed E-state index contributed by atoms with van der Waals surface area (Å²) in [5, 5.41) is 4.36. The van der Waals surface area contributed by atoms with Gasteiger partial charge in [-0.3, -0.25) is 4.90 Å². The average Bonchev–Trinajstić information content (AvgIpc) is 2.85. The Morgan fingerprint density at radius 1 is 1.17 bits per heavy atom. The maximum Gasteiger partial charge on any atom is 0.185 e. The van der Waals surface area contributed by atoms with Crippen LogP contribution in [0.4, 0.5) is 5.13 Å². The van der Waals surface area contributed by atoms with Crippen LogP contribution in [0.1, 0.15) is 12.1 Å². The number of hydrogen-bond acceptors (Lipinski definition) is 5. The van der Waals surface area contributed by atoms with Gasteiger partial charge >= 0.3 is 0 Å². The van der Waals surface area contributed by atoms with Crippen LogP contribution in [0, 0.1) is 6.92 Å². The van der Waals surface area contributed by atoms with Crippen LogP contribution in [0.3, 0.4) is 0 Å². The van der Waals surface area contributed by atoms with Crippen molar-refractivity contribution in [3.05, 3.63) is 39.3 Å². The standard InChI is InChI=1S/C17H21Cl2N3OS/c1-13-12-24-17(20-13)22-7-3-6-21(8-9-22)10-11-23-16-14(18)4-2-5-15(16)19/h2,4-5,12H,3,6-11H2,1H3. The number of halogens is 2. The zero-order valence-electron chi connectivity index (χ0n) is 13.7. The number of benzene rings is 1. The van der Waals surface area contributed by atoms with Gasteiger partial charge in [-0.2, -0.15) is 0 Å². The summed E-state index contributed by atoms with van der Waals surface area (Å²) in [5.74, 6) is 0.579. The molecule has 130 valence electrons. The molecule has 0 saturated carbocycles. The van der Waals surface area contributed by atoms with Crippen molar-refractivity contribution in [1.29, 1.82) is 0 Å². The van der Waals surface area contributed by atoms with E-state index in [0.717, 1.165) is 50.0 Å². The number of para-hydroxylation sites is 1. The first-order valence-electron chi connectivity index (χ1n) is 8.10. The summed E-state index contributed by atoms with van der Waals surface area (Å²) in [6.45, 7) is 7.63. The van der Waals surface area contributed by atoms with Gasteiger partial charge < -0.3 is 9.64 Å².